The molecule has 1 aliphatic heterocycles. The maximum Gasteiger partial charge on any atom is 0.451 e. The quantitative estimate of drug-likeness (QED) is 0.641. The fourth-order valence-corrected chi connectivity index (χ4v) is 3.39. The molecule has 0 radical (unpaired) electrons. The Morgan fingerprint density at radius 2 is 2.11 bits per heavy atom. The maximum absolute atomic E-state index is 12.5. The summed E-state index contributed by atoms with van der Waals surface area (Å²) in [5.41, 5.74) is -0.413. The van der Waals surface area contributed by atoms with Crippen molar-refractivity contribution in [3.63, 3.8) is 0 Å². The molecule has 0 aromatic carbocycles. The van der Waals surface area contributed by atoms with E-state index in [4.69, 9.17) is 10.0 Å². The van der Waals surface area contributed by atoms with E-state index < -0.39 is 12.7 Å². The molecule has 6 heteroatoms. The van der Waals surface area contributed by atoms with Crippen molar-refractivity contribution >= 4 is 12.9 Å². The van der Waals surface area contributed by atoms with Crippen LogP contribution in [0.25, 0.3) is 0 Å². The van der Waals surface area contributed by atoms with Gasteiger partial charge in [0.25, 0.3) is 0 Å². The van der Waals surface area contributed by atoms with Crippen LogP contribution in [0.5, 0.6) is 0 Å². The summed E-state index contributed by atoms with van der Waals surface area (Å²) in [6.45, 7) is 3.57. The number of hydrogen-bond acceptors (Lipinski definition) is 5. The van der Waals surface area contributed by atoms with E-state index >= 15 is 0 Å². The Hall–Kier alpha value is -0.425. The van der Waals surface area contributed by atoms with E-state index in [0.717, 1.165) is 25.9 Å². The summed E-state index contributed by atoms with van der Waals surface area (Å²) < 4.78 is 0. The van der Waals surface area contributed by atoms with Crippen LogP contribution in [0.3, 0.4) is 0 Å². The number of likely N-dealkylation sites (N-methyl/N-ethyl adjacent to an activating group) is 2. The smallest absolute Gasteiger partial charge is 0.427 e. The number of carbonyl (C=O) groups is 1. The largest absolute Gasteiger partial charge is 0.451 e. The fourth-order valence-electron chi connectivity index (χ4n) is 3.39. The summed E-state index contributed by atoms with van der Waals surface area (Å²) in [4.78, 5) is 16.7. The van der Waals surface area contributed by atoms with Gasteiger partial charge in [0.1, 0.15) is 0 Å². The van der Waals surface area contributed by atoms with E-state index in [-0.39, 0.29) is 11.7 Å². The number of likely N-dealkylation sites (tertiary alicyclic amines) is 1. The molecule has 0 aliphatic carbocycles. The molecule has 0 saturated carbocycles. The van der Waals surface area contributed by atoms with E-state index in [0.29, 0.717) is 12.7 Å². The molecule has 0 aromatic rings. The van der Waals surface area contributed by atoms with Gasteiger partial charge >= 0.3 is 7.12 Å². The molecule has 0 bridgehead atoms. The summed E-state index contributed by atoms with van der Waals surface area (Å²) >= 11 is 0. The lowest BCUT2D eigenvalue weighted by Crippen LogP contribution is -2.57. The molecule has 2 N–H and O–H groups in total. The molecule has 1 heterocycles. The van der Waals surface area contributed by atoms with Crippen LogP contribution < -0.4 is 0 Å². The standard InChI is InChI=1S/C13H27BN2O3/c1-5-12(17)13(15(2)3)10-16(4)9-11(13)7-6-8-14(18)19/h11,18-19H,5-10H2,1-4H3/t11-,13-/m0/s1. The van der Waals surface area contributed by atoms with Gasteiger partial charge in [-0.25, -0.2) is 0 Å². The Balaban J connectivity index is 2.82. The third-order valence-electron chi connectivity index (χ3n) is 4.34. The van der Waals surface area contributed by atoms with Crippen LogP contribution in [-0.2, 0) is 4.79 Å². The van der Waals surface area contributed by atoms with Gasteiger partial charge in [-0.15, -0.1) is 0 Å². The predicted octanol–water partition coefficient (Wildman–Crippen LogP) is 0.0805. The van der Waals surface area contributed by atoms with Crippen molar-refractivity contribution in [2.45, 2.75) is 38.0 Å². The molecule has 1 aliphatic rings. The Kier molecular flexibility index (Phi) is 5.98. The normalized spacial score (nSPS) is 28.1. The van der Waals surface area contributed by atoms with E-state index in [2.05, 4.69) is 9.80 Å². The van der Waals surface area contributed by atoms with Gasteiger partial charge in [0.2, 0.25) is 0 Å². The number of hydrogen-bond donors (Lipinski definition) is 2. The summed E-state index contributed by atoms with van der Waals surface area (Å²) in [6, 6.07) is 0. The van der Waals surface area contributed by atoms with Gasteiger partial charge in [0.05, 0.1) is 5.54 Å². The Morgan fingerprint density at radius 3 is 2.58 bits per heavy atom. The van der Waals surface area contributed by atoms with Crippen molar-refractivity contribution < 1.29 is 14.8 Å². The highest BCUT2D eigenvalue weighted by Gasteiger charge is 2.51. The number of carbonyl (C=O) groups excluding carboxylic acids is 1. The number of rotatable bonds is 7. The van der Waals surface area contributed by atoms with Crippen LogP contribution in [0.4, 0.5) is 0 Å². The Labute approximate surface area is 116 Å². The van der Waals surface area contributed by atoms with Crippen LogP contribution in [0, 0.1) is 5.92 Å². The zero-order valence-electron chi connectivity index (χ0n) is 12.6. The van der Waals surface area contributed by atoms with Crippen molar-refractivity contribution in [2.75, 3.05) is 34.2 Å². The van der Waals surface area contributed by atoms with Crippen molar-refractivity contribution in [2.24, 2.45) is 5.92 Å². The van der Waals surface area contributed by atoms with Crippen molar-refractivity contribution in [1.29, 1.82) is 0 Å². The molecule has 5 nitrogen and oxygen atoms in total. The molecule has 0 amide bonds. The molecule has 1 rings (SSSR count). The first kappa shape index (κ1) is 16.6. The summed E-state index contributed by atoms with van der Waals surface area (Å²) in [5, 5.41) is 17.9. The number of ketones is 1. The highest BCUT2D eigenvalue weighted by atomic mass is 16.4. The first-order chi connectivity index (χ1) is 8.84. The second kappa shape index (κ2) is 6.84. The van der Waals surface area contributed by atoms with Gasteiger partial charge < -0.3 is 14.9 Å². The molecule has 2 atom stereocenters. The number of Topliss-reactive ketones (excluding diaryl/α,β-unsaturated/α-hetero) is 1. The molecular weight excluding hydrogens is 243 g/mol. The highest BCUT2D eigenvalue weighted by molar-refractivity contribution is 6.40. The minimum absolute atomic E-state index is 0.263. The lowest BCUT2D eigenvalue weighted by Gasteiger charge is -2.39. The monoisotopic (exact) mass is 270 g/mol. The third kappa shape index (κ3) is 3.57. The molecule has 0 aromatic heterocycles. The lowest BCUT2D eigenvalue weighted by atomic mass is 9.75. The van der Waals surface area contributed by atoms with Crippen LogP contribution in [0.1, 0.15) is 26.2 Å². The molecule has 0 unspecified atom stereocenters. The van der Waals surface area contributed by atoms with Crippen LogP contribution >= 0.6 is 0 Å². The average Bonchev–Trinajstić information content (AvgIpc) is 2.66. The number of nitrogens with zero attached hydrogens (tertiary/aromatic N) is 2. The molecule has 110 valence electrons. The van der Waals surface area contributed by atoms with E-state index in [9.17, 15) is 4.79 Å². The van der Waals surface area contributed by atoms with Crippen molar-refractivity contribution in [3.8, 4) is 0 Å². The van der Waals surface area contributed by atoms with Gasteiger partial charge in [-0.3, -0.25) is 9.69 Å². The Morgan fingerprint density at radius 1 is 1.47 bits per heavy atom. The van der Waals surface area contributed by atoms with E-state index in [1.807, 2.05) is 28.1 Å². The van der Waals surface area contributed by atoms with Gasteiger partial charge in [0, 0.05) is 19.5 Å². The highest BCUT2D eigenvalue weighted by Crippen LogP contribution is 2.36. The van der Waals surface area contributed by atoms with Gasteiger partial charge in [0.15, 0.2) is 5.78 Å². The lowest BCUT2D eigenvalue weighted by molar-refractivity contribution is -0.131. The molecule has 1 saturated heterocycles. The molecule has 0 spiro atoms. The predicted molar refractivity (Wildman–Crippen MR) is 76.9 cm³/mol. The van der Waals surface area contributed by atoms with Crippen LogP contribution in [-0.4, -0.2) is 72.5 Å². The first-order valence-corrected chi connectivity index (χ1v) is 7.10. The first-order valence-electron chi connectivity index (χ1n) is 7.10. The fraction of sp³-hybridized carbons (Fsp3) is 0.923. The van der Waals surface area contributed by atoms with E-state index in [1.54, 1.807) is 0 Å². The summed E-state index contributed by atoms with van der Waals surface area (Å²) in [7, 11) is 4.75. The van der Waals surface area contributed by atoms with Gasteiger partial charge in [-0.1, -0.05) is 13.3 Å². The van der Waals surface area contributed by atoms with Gasteiger partial charge in [-0.2, -0.15) is 0 Å². The maximum atomic E-state index is 12.5. The third-order valence-corrected chi connectivity index (χ3v) is 4.34. The molecular formula is C13H27BN2O3. The summed E-state index contributed by atoms with van der Waals surface area (Å²) in [6.07, 6.45) is 2.52. The minimum atomic E-state index is -1.24. The second-order valence-corrected chi connectivity index (χ2v) is 5.90. The van der Waals surface area contributed by atoms with Crippen LogP contribution in [0.2, 0.25) is 6.32 Å². The van der Waals surface area contributed by atoms with Gasteiger partial charge in [-0.05, 0) is 39.8 Å². The molecule has 1 fully saturated rings. The Bertz CT molecular complexity index is 312. The van der Waals surface area contributed by atoms with E-state index in [1.165, 1.54) is 0 Å². The zero-order chi connectivity index (χ0) is 14.6. The average molecular weight is 270 g/mol. The topological polar surface area (TPSA) is 64.0 Å². The zero-order valence-corrected chi connectivity index (χ0v) is 12.6. The minimum Gasteiger partial charge on any atom is -0.427 e. The summed E-state index contributed by atoms with van der Waals surface area (Å²) in [5.74, 6) is 0.551. The second-order valence-electron chi connectivity index (χ2n) is 5.90. The van der Waals surface area contributed by atoms with Crippen molar-refractivity contribution in [1.82, 2.24) is 9.80 Å². The van der Waals surface area contributed by atoms with Crippen LogP contribution in [0.15, 0.2) is 0 Å². The molecule has 19 heavy (non-hydrogen) atoms. The SMILES string of the molecule is CCC(=O)[C@]1(N(C)C)CN(C)C[C@@H]1CCCB(O)O. The van der Waals surface area contributed by atoms with Crippen molar-refractivity contribution in [3.05, 3.63) is 0 Å².